The SMILES string of the molecule is Cc1cc(C(=O)CSc2ncn[nH]2)c(C)n1CCc1cccs1. The Kier molecular flexibility index (Phi) is 4.97. The molecule has 0 aromatic carbocycles. The number of carbonyl (C=O) groups is 1. The maximum absolute atomic E-state index is 12.5. The number of Topliss-reactive ketones (excluding diaryl/α,β-unsaturated/α-hetero) is 1. The summed E-state index contributed by atoms with van der Waals surface area (Å²) in [6.07, 6.45) is 2.44. The molecule has 0 aliphatic carbocycles. The zero-order chi connectivity index (χ0) is 16.2. The first-order valence-corrected chi connectivity index (χ1v) is 9.22. The molecule has 0 radical (unpaired) electrons. The lowest BCUT2D eigenvalue weighted by Crippen LogP contribution is -2.08. The molecule has 5 nitrogen and oxygen atoms in total. The number of hydrogen-bond acceptors (Lipinski definition) is 5. The summed E-state index contributed by atoms with van der Waals surface area (Å²) in [5.41, 5.74) is 2.98. The van der Waals surface area contributed by atoms with Gasteiger partial charge in [0, 0.05) is 28.4 Å². The molecule has 0 saturated heterocycles. The molecular weight excluding hydrogens is 328 g/mol. The number of H-pyrrole nitrogens is 1. The van der Waals surface area contributed by atoms with Gasteiger partial charge in [0.1, 0.15) is 6.33 Å². The molecule has 0 unspecified atom stereocenters. The maximum atomic E-state index is 12.5. The molecule has 0 saturated carbocycles. The Hall–Kier alpha value is -1.86. The molecule has 0 bridgehead atoms. The Morgan fingerprint density at radius 3 is 3.00 bits per heavy atom. The topological polar surface area (TPSA) is 63.6 Å². The van der Waals surface area contributed by atoms with Crippen LogP contribution in [0.5, 0.6) is 0 Å². The molecule has 0 fully saturated rings. The number of nitrogens with one attached hydrogen (secondary N) is 1. The summed E-state index contributed by atoms with van der Waals surface area (Å²) in [4.78, 5) is 17.9. The van der Waals surface area contributed by atoms with Gasteiger partial charge in [0.15, 0.2) is 10.9 Å². The lowest BCUT2D eigenvalue weighted by molar-refractivity contribution is 0.102. The number of thioether (sulfide) groups is 1. The van der Waals surface area contributed by atoms with Crippen molar-refractivity contribution in [1.29, 1.82) is 0 Å². The Morgan fingerprint density at radius 2 is 2.30 bits per heavy atom. The molecular formula is C16H18N4OS2. The van der Waals surface area contributed by atoms with Crippen LogP contribution in [0.15, 0.2) is 35.1 Å². The predicted molar refractivity (Wildman–Crippen MR) is 93.4 cm³/mol. The number of aryl methyl sites for hydroxylation is 2. The van der Waals surface area contributed by atoms with Gasteiger partial charge < -0.3 is 4.57 Å². The molecule has 3 aromatic heterocycles. The second-order valence-corrected chi connectivity index (χ2v) is 7.26. The van der Waals surface area contributed by atoms with Gasteiger partial charge in [-0.05, 0) is 37.8 Å². The molecule has 0 aliphatic heterocycles. The zero-order valence-corrected chi connectivity index (χ0v) is 14.7. The number of hydrogen-bond donors (Lipinski definition) is 1. The third-order valence-electron chi connectivity index (χ3n) is 3.77. The van der Waals surface area contributed by atoms with E-state index in [0.717, 1.165) is 29.9 Å². The van der Waals surface area contributed by atoms with Gasteiger partial charge >= 0.3 is 0 Å². The molecule has 0 aliphatic rings. The van der Waals surface area contributed by atoms with Crippen molar-refractivity contribution in [3.8, 4) is 0 Å². The van der Waals surface area contributed by atoms with Gasteiger partial charge in [0.05, 0.1) is 5.75 Å². The number of rotatable bonds is 7. The van der Waals surface area contributed by atoms with Crippen molar-refractivity contribution in [2.75, 3.05) is 5.75 Å². The molecule has 0 atom stereocenters. The number of carbonyl (C=O) groups excluding carboxylic acids is 1. The largest absolute Gasteiger partial charge is 0.348 e. The van der Waals surface area contributed by atoms with E-state index in [2.05, 4.69) is 44.2 Å². The quantitative estimate of drug-likeness (QED) is 0.525. The molecule has 120 valence electrons. The van der Waals surface area contributed by atoms with Crippen molar-refractivity contribution >= 4 is 28.9 Å². The Balaban J connectivity index is 1.67. The van der Waals surface area contributed by atoms with E-state index >= 15 is 0 Å². The van der Waals surface area contributed by atoms with Crippen molar-refractivity contribution in [3.05, 3.63) is 51.7 Å². The first kappa shape index (κ1) is 16.0. The minimum absolute atomic E-state index is 0.127. The highest BCUT2D eigenvalue weighted by Gasteiger charge is 2.16. The average Bonchev–Trinajstić information content (AvgIpc) is 3.26. The van der Waals surface area contributed by atoms with E-state index in [0.29, 0.717) is 10.9 Å². The standard InChI is InChI=1S/C16H18N4OS2/c1-11-8-14(15(21)9-23-16-17-10-18-19-16)12(2)20(11)6-5-13-4-3-7-22-13/h3-4,7-8,10H,5-6,9H2,1-2H3,(H,17,18,19). The van der Waals surface area contributed by atoms with Gasteiger partial charge in [0.25, 0.3) is 0 Å². The van der Waals surface area contributed by atoms with Crippen LogP contribution in [0.2, 0.25) is 0 Å². The monoisotopic (exact) mass is 346 g/mol. The highest BCUT2D eigenvalue weighted by Crippen LogP contribution is 2.20. The number of nitrogens with zero attached hydrogens (tertiary/aromatic N) is 3. The average molecular weight is 346 g/mol. The van der Waals surface area contributed by atoms with Crippen LogP contribution in [0, 0.1) is 13.8 Å². The number of ketones is 1. The summed E-state index contributed by atoms with van der Waals surface area (Å²) in [6, 6.07) is 6.22. The number of aromatic nitrogens is 4. The van der Waals surface area contributed by atoms with E-state index in [1.807, 2.05) is 13.0 Å². The fourth-order valence-corrected chi connectivity index (χ4v) is 3.94. The van der Waals surface area contributed by atoms with Crippen molar-refractivity contribution in [2.45, 2.75) is 32.0 Å². The van der Waals surface area contributed by atoms with Crippen LogP contribution in [-0.2, 0) is 13.0 Å². The molecule has 0 amide bonds. The normalized spacial score (nSPS) is 11.0. The van der Waals surface area contributed by atoms with Crippen LogP contribution in [0.1, 0.15) is 26.6 Å². The highest BCUT2D eigenvalue weighted by atomic mass is 32.2. The Labute approximate surface area is 143 Å². The van der Waals surface area contributed by atoms with E-state index < -0.39 is 0 Å². The van der Waals surface area contributed by atoms with Gasteiger partial charge in [0.2, 0.25) is 0 Å². The maximum Gasteiger partial charge on any atom is 0.183 e. The molecule has 7 heteroatoms. The van der Waals surface area contributed by atoms with Gasteiger partial charge in [-0.25, -0.2) is 4.98 Å². The lowest BCUT2D eigenvalue weighted by atomic mass is 10.2. The summed E-state index contributed by atoms with van der Waals surface area (Å²) >= 11 is 3.15. The lowest BCUT2D eigenvalue weighted by Gasteiger charge is -2.09. The number of thiophene rings is 1. The van der Waals surface area contributed by atoms with Crippen molar-refractivity contribution in [3.63, 3.8) is 0 Å². The molecule has 1 N–H and O–H groups in total. The summed E-state index contributed by atoms with van der Waals surface area (Å²) in [5.74, 6) is 0.492. The van der Waals surface area contributed by atoms with E-state index in [9.17, 15) is 4.79 Å². The molecule has 23 heavy (non-hydrogen) atoms. The van der Waals surface area contributed by atoms with Gasteiger partial charge in [-0.2, -0.15) is 5.10 Å². The third kappa shape index (κ3) is 3.73. The fourth-order valence-electron chi connectivity index (χ4n) is 2.58. The highest BCUT2D eigenvalue weighted by molar-refractivity contribution is 7.99. The summed E-state index contributed by atoms with van der Waals surface area (Å²) < 4.78 is 2.23. The van der Waals surface area contributed by atoms with E-state index in [1.165, 1.54) is 23.0 Å². The molecule has 0 spiro atoms. The van der Waals surface area contributed by atoms with Crippen molar-refractivity contribution < 1.29 is 4.79 Å². The van der Waals surface area contributed by atoms with Crippen LogP contribution in [0.4, 0.5) is 0 Å². The minimum Gasteiger partial charge on any atom is -0.348 e. The van der Waals surface area contributed by atoms with Crippen LogP contribution in [0.25, 0.3) is 0 Å². The first-order chi connectivity index (χ1) is 11.1. The predicted octanol–water partition coefficient (Wildman–Crippen LogP) is 3.50. The zero-order valence-electron chi connectivity index (χ0n) is 13.1. The fraction of sp³-hybridized carbons (Fsp3) is 0.312. The van der Waals surface area contributed by atoms with E-state index in [-0.39, 0.29) is 5.78 Å². The van der Waals surface area contributed by atoms with Gasteiger partial charge in [-0.15, -0.1) is 11.3 Å². The van der Waals surface area contributed by atoms with Crippen LogP contribution < -0.4 is 0 Å². The Morgan fingerprint density at radius 1 is 1.43 bits per heavy atom. The summed E-state index contributed by atoms with van der Waals surface area (Å²) in [7, 11) is 0. The number of aromatic amines is 1. The van der Waals surface area contributed by atoms with Crippen LogP contribution >= 0.6 is 23.1 Å². The second kappa shape index (κ2) is 7.14. The van der Waals surface area contributed by atoms with Crippen LogP contribution in [0.3, 0.4) is 0 Å². The van der Waals surface area contributed by atoms with E-state index in [4.69, 9.17) is 0 Å². The smallest absolute Gasteiger partial charge is 0.183 e. The van der Waals surface area contributed by atoms with Gasteiger partial charge in [-0.1, -0.05) is 17.8 Å². The Bertz CT molecular complexity index is 775. The third-order valence-corrected chi connectivity index (χ3v) is 5.58. The van der Waals surface area contributed by atoms with E-state index in [1.54, 1.807) is 11.3 Å². The molecule has 3 heterocycles. The van der Waals surface area contributed by atoms with Crippen molar-refractivity contribution in [1.82, 2.24) is 19.7 Å². The molecule has 3 aromatic rings. The van der Waals surface area contributed by atoms with Crippen LogP contribution in [-0.4, -0.2) is 31.3 Å². The second-order valence-electron chi connectivity index (χ2n) is 5.27. The summed E-state index contributed by atoms with van der Waals surface area (Å²) in [6.45, 7) is 4.98. The summed E-state index contributed by atoms with van der Waals surface area (Å²) in [5, 5.41) is 9.31. The van der Waals surface area contributed by atoms with Gasteiger partial charge in [-0.3, -0.25) is 9.89 Å². The minimum atomic E-state index is 0.127. The van der Waals surface area contributed by atoms with Crippen molar-refractivity contribution in [2.24, 2.45) is 0 Å². The molecule has 3 rings (SSSR count). The first-order valence-electron chi connectivity index (χ1n) is 7.35.